The first-order chi connectivity index (χ1) is 28.2. The van der Waals surface area contributed by atoms with Gasteiger partial charge in [0.15, 0.2) is 16.6 Å². The molecule has 0 amide bonds. The van der Waals surface area contributed by atoms with Gasteiger partial charge in [-0.15, -0.1) is 0 Å². The third-order valence-corrected chi connectivity index (χ3v) is 22.9. The number of rotatable bonds is 18. The number of aliphatic hydroxyl groups excluding tert-OH is 2. The minimum Gasteiger partial charge on any atom is -0.493 e. The standard InChI is InChI=1S/C50H77F3O6Si2/c1-34-18-16-20-38(28-34)57-33-40(58-60(10,11)48(4,5)6)25-27-41-36(3)29-45(54)42(41)22-14-15-23-43-44(47(31-46(43)55)59-61(12,13)49(7,8)9)26-24-35(2)32-56-39-21-17-19-37(30-39)50(51,52)53/h14-21,24-28,30,35-36,40-47,54-55H,22-23,29,31-33H2,1-13H3/b15-14+,26-24+,27-25+/t35-,36+,40-,41-,42+,43+,44+,45-,46-,47+/m1/s1. The third kappa shape index (κ3) is 14.4. The lowest BCUT2D eigenvalue weighted by Gasteiger charge is -2.40. The Morgan fingerprint density at radius 1 is 0.738 bits per heavy atom. The fraction of sp³-hybridized carbons (Fsp3) is 0.640. The fourth-order valence-electron chi connectivity index (χ4n) is 8.09. The third-order valence-electron chi connectivity index (χ3n) is 13.9. The zero-order valence-electron chi connectivity index (χ0n) is 39.3. The summed E-state index contributed by atoms with van der Waals surface area (Å²) in [6.07, 6.45) is 9.80. The summed E-state index contributed by atoms with van der Waals surface area (Å²) in [5, 5.41) is 22.9. The van der Waals surface area contributed by atoms with Gasteiger partial charge in [0.1, 0.15) is 18.1 Å². The van der Waals surface area contributed by atoms with Crippen LogP contribution in [-0.4, -0.2) is 64.5 Å². The minimum absolute atomic E-state index is 0.00848. The first kappa shape index (κ1) is 51.0. The van der Waals surface area contributed by atoms with E-state index >= 15 is 0 Å². The Kier molecular flexibility index (Phi) is 17.4. The van der Waals surface area contributed by atoms with E-state index in [1.54, 1.807) is 6.07 Å². The van der Waals surface area contributed by atoms with Crippen molar-refractivity contribution < 1.29 is 41.7 Å². The van der Waals surface area contributed by atoms with Crippen molar-refractivity contribution in [2.24, 2.45) is 35.5 Å². The van der Waals surface area contributed by atoms with Crippen LogP contribution in [0.3, 0.4) is 0 Å². The van der Waals surface area contributed by atoms with Crippen LogP contribution in [0.2, 0.25) is 36.3 Å². The average molecular weight is 887 g/mol. The zero-order chi connectivity index (χ0) is 45.6. The van der Waals surface area contributed by atoms with Crippen molar-refractivity contribution in [3.63, 3.8) is 0 Å². The second-order valence-corrected chi connectivity index (χ2v) is 30.6. The Bertz CT molecular complexity index is 1780. The molecule has 10 atom stereocenters. The normalized spacial score (nSPS) is 26.8. The van der Waals surface area contributed by atoms with Gasteiger partial charge in [-0.3, -0.25) is 0 Å². The van der Waals surface area contributed by atoms with Crippen molar-refractivity contribution in [3.8, 4) is 11.5 Å². The summed E-state index contributed by atoms with van der Waals surface area (Å²) in [6.45, 7) is 29.2. The van der Waals surface area contributed by atoms with E-state index in [4.69, 9.17) is 18.3 Å². The highest BCUT2D eigenvalue weighted by atomic mass is 28.4. The first-order valence-electron chi connectivity index (χ1n) is 22.4. The number of hydrogen-bond donors (Lipinski definition) is 2. The van der Waals surface area contributed by atoms with Crippen LogP contribution in [0.25, 0.3) is 0 Å². The molecule has 2 aromatic rings. The van der Waals surface area contributed by atoms with Crippen LogP contribution in [0.1, 0.15) is 92.2 Å². The van der Waals surface area contributed by atoms with Crippen LogP contribution in [0.5, 0.6) is 11.5 Å². The summed E-state index contributed by atoms with van der Waals surface area (Å²) < 4.78 is 65.8. The second kappa shape index (κ2) is 20.9. The molecule has 0 aromatic heterocycles. The molecule has 0 aliphatic heterocycles. The first-order valence-corrected chi connectivity index (χ1v) is 28.2. The van der Waals surface area contributed by atoms with Gasteiger partial charge in [0, 0.05) is 11.8 Å². The number of allylic oxidation sites excluding steroid dienone is 3. The Hall–Kier alpha value is -2.68. The molecule has 0 radical (unpaired) electrons. The van der Waals surface area contributed by atoms with Gasteiger partial charge in [0.2, 0.25) is 0 Å². The van der Waals surface area contributed by atoms with E-state index in [0.29, 0.717) is 31.8 Å². The molecule has 11 heteroatoms. The Morgan fingerprint density at radius 2 is 1.28 bits per heavy atom. The van der Waals surface area contributed by atoms with Gasteiger partial charge >= 0.3 is 6.18 Å². The van der Waals surface area contributed by atoms with Crippen LogP contribution in [0.15, 0.2) is 85.0 Å². The topological polar surface area (TPSA) is 77.4 Å². The summed E-state index contributed by atoms with van der Waals surface area (Å²) in [5.74, 6) is 1.29. The SMILES string of the molecule is Cc1cccc(OC[C@@H](/C=C/[C@H]2[C@H](C/C=C/C[C@H]3[C@H](/C=C/[C@@H](C)COc4cccc(C(F)(F)F)c4)[C@@H](O[Si](C)(C)C(C)(C)C)C[C@H]3O)[C@H](O)C[C@@H]2C)O[Si](C)(C)C(C)(C)C)c1. The number of aliphatic hydroxyl groups is 2. The highest BCUT2D eigenvalue weighted by molar-refractivity contribution is 6.74. The number of halogens is 3. The molecular weight excluding hydrogens is 810 g/mol. The van der Waals surface area contributed by atoms with Crippen LogP contribution in [-0.2, 0) is 15.0 Å². The van der Waals surface area contributed by atoms with Crippen molar-refractivity contribution >= 4 is 16.6 Å². The van der Waals surface area contributed by atoms with Gasteiger partial charge in [0.05, 0.1) is 36.6 Å². The maximum Gasteiger partial charge on any atom is 0.416 e. The number of hydrogen-bond acceptors (Lipinski definition) is 6. The maximum atomic E-state index is 13.3. The Labute approximate surface area is 368 Å². The van der Waals surface area contributed by atoms with Crippen LogP contribution >= 0.6 is 0 Å². The van der Waals surface area contributed by atoms with E-state index in [0.717, 1.165) is 29.9 Å². The molecule has 0 unspecified atom stereocenters. The summed E-state index contributed by atoms with van der Waals surface area (Å²) in [5.41, 5.74) is 0.405. The van der Waals surface area contributed by atoms with Gasteiger partial charge in [0.25, 0.3) is 0 Å². The molecule has 0 heterocycles. The lowest BCUT2D eigenvalue weighted by molar-refractivity contribution is -0.137. The number of alkyl halides is 3. The van der Waals surface area contributed by atoms with Crippen LogP contribution in [0, 0.1) is 42.4 Å². The predicted molar refractivity (Wildman–Crippen MR) is 248 cm³/mol. The highest BCUT2D eigenvalue weighted by Gasteiger charge is 2.47. The Morgan fingerprint density at radius 3 is 1.87 bits per heavy atom. The summed E-state index contributed by atoms with van der Waals surface area (Å²) >= 11 is 0. The second-order valence-electron chi connectivity index (χ2n) is 21.1. The van der Waals surface area contributed by atoms with Crippen molar-refractivity contribution in [1.82, 2.24) is 0 Å². The van der Waals surface area contributed by atoms with Gasteiger partial charge in [-0.25, -0.2) is 0 Å². The molecule has 2 saturated carbocycles. The van der Waals surface area contributed by atoms with E-state index in [2.05, 4.69) is 124 Å². The Balaban J connectivity index is 1.48. The smallest absolute Gasteiger partial charge is 0.416 e. The van der Waals surface area contributed by atoms with Crippen LogP contribution < -0.4 is 9.47 Å². The fourth-order valence-corrected chi connectivity index (χ4v) is 10.7. The largest absolute Gasteiger partial charge is 0.493 e. The molecule has 61 heavy (non-hydrogen) atoms. The molecule has 2 aliphatic rings. The van der Waals surface area contributed by atoms with Crippen molar-refractivity contribution in [3.05, 3.63) is 96.1 Å². The van der Waals surface area contributed by atoms with Crippen molar-refractivity contribution in [2.45, 2.75) is 155 Å². The minimum atomic E-state index is -4.44. The molecular formula is C50H77F3O6Si2. The van der Waals surface area contributed by atoms with Crippen molar-refractivity contribution in [2.75, 3.05) is 13.2 Å². The summed E-state index contributed by atoms with van der Waals surface area (Å²) in [4.78, 5) is 0. The number of ether oxygens (including phenoxy) is 2. The summed E-state index contributed by atoms with van der Waals surface area (Å²) in [6, 6.07) is 13.0. The summed E-state index contributed by atoms with van der Waals surface area (Å²) in [7, 11) is -4.30. The molecule has 342 valence electrons. The van der Waals surface area contributed by atoms with E-state index in [-0.39, 0.29) is 64.2 Å². The quantitative estimate of drug-likeness (QED) is 0.115. The van der Waals surface area contributed by atoms with Gasteiger partial charge in [-0.05, 0) is 128 Å². The molecule has 0 saturated heterocycles. The maximum absolute atomic E-state index is 13.3. The predicted octanol–water partition coefficient (Wildman–Crippen LogP) is 13.0. The van der Waals surface area contributed by atoms with E-state index in [9.17, 15) is 23.4 Å². The number of aryl methyl sites for hydroxylation is 1. The van der Waals surface area contributed by atoms with Gasteiger partial charge in [-0.2, -0.15) is 13.2 Å². The van der Waals surface area contributed by atoms with Crippen molar-refractivity contribution in [1.29, 1.82) is 0 Å². The number of benzene rings is 2. The van der Waals surface area contributed by atoms with E-state index < -0.39 is 40.6 Å². The average Bonchev–Trinajstić information content (AvgIpc) is 3.58. The highest BCUT2D eigenvalue weighted by Crippen LogP contribution is 2.45. The molecule has 6 nitrogen and oxygen atoms in total. The molecule has 0 bridgehead atoms. The lowest BCUT2D eigenvalue weighted by Crippen LogP contribution is -2.45. The monoisotopic (exact) mass is 887 g/mol. The zero-order valence-corrected chi connectivity index (χ0v) is 41.3. The molecule has 2 N–H and O–H groups in total. The van der Waals surface area contributed by atoms with E-state index in [1.807, 2.05) is 25.1 Å². The van der Waals surface area contributed by atoms with Crippen LogP contribution in [0.4, 0.5) is 13.2 Å². The lowest BCUT2D eigenvalue weighted by atomic mass is 9.86. The van der Waals surface area contributed by atoms with Gasteiger partial charge < -0.3 is 28.5 Å². The molecule has 2 aliphatic carbocycles. The molecule has 0 spiro atoms. The molecule has 2 aromatic carbocycles. The molecule has 2 fully saturated rings. The molecule has 4 rings (SSSR count). The van der Waals surface area contributed by atoms with E-state index in [1.165, 1.54) is 6.07 Å². The van der Waals surface area contributed by atoms with Gasteiger partial charge in [-0.1, -0.05) is 110 Å².